The van der Waals surface area contributed by atoms with Crippen LogP contribution >= 0.6 is 23.2 Å². The van der Waals surface area contributed by atoms with Crippen LogP contribution in [0.1, 0.15) is 10.5 Å². The third-order valence-electron chi connectivity index (χ3n) is 0.960. The summed E-state index contributed by atoms with van der Waals surface area (Å²) in [6.07, 6.45) is 0. The Hall–Kier alpha value is -0.670. The Labute approximate surface area is 71.9 Å². The second-order valence-electron chi connectivity index (χ2n) is 1.77. The maximum absolute atomic E-state index is 12.0. The van der Waals surface area contributed by atoms with E-state index in [0.29, 0.717) is 0 Å². The minimum atomic E-state index is -1.64. The molecule has 1 aromatic heterocycles. The predicted molar refractivity (Wildman–Crippen MR) is 39.7 cm³/mol. The van der Waals surface area contributed by atoms with E-state index in [1.807, 2.05) is 0 Å². The molecule has 0 spiro atoms. The fourth-order valence-electron chi connectivity index (χ4n) is 0.566. The molecular formula is C6H2Cl2FNO. The molecule has 2 nitrogen and oxygen atoms in total. The van der Waals surface area contributed by atoms with E-state index in [1.165, 1.54) is 6.07 Å². The highest BCUT2D eigenvalue weighted by Crippen LogP contribution is 2.15. The van der Waals surface area contributed by atoms with Crippen LogP contribution in [0, 0.1) is 0 Å². The molecule has 0 unspecified atom stereocenters. The molecule has 0 saturated heterocycles. The summed E-state index contributed by atoms with van der Waals surface area (Å²) in [6, 6.07) is 0.778. The molecule has 0 aliphatic heterocycles. The van der Waals surface area contributed by atoms with Gasteiger partial charge in [0.1, 0.15) is 10.8 Å². The van der Waals surface area contributed by atoms with Crippen LogP contribution in [0.25, 0.3) is 0 Å². The van der Waals surface area contributed by atoms with Gasteiger partial charge in [-0.05, 0) is 12.1 Å². The molecule has 0 saturated carbocycles. The smallest absolute Gasteiger partial charge is 0.254 e. The Morgan fingerprint density at radius 1 is 1.45 bits per heavy atom. The molecule has 0 bridgehead atoms. The fourth-order valence-corrected chi connectivity index (χ4v) is 1.04. The van der Waals surface area contributed by atoms with Gasteiger partial charge in [0.15, 0.2) is 0 Å². The molecule has 0 aromatic carbocycles. The normalized spacial score (nSPS) is 9.73. The Morgan fingerprint density at radius 3 is 2.55 bits per heavy atom. The minimum Gasteiger partial charge on any atom is -0.254 e. The lowest BCUT2D eigenvalue weighted by Gasteiger charge is -1.93. The van der Waals surface area contributed by atoms with Gasteiger partial charge in [-0.3, -0.25) is 4.79 Å². The lowest BCUT2D eigenvalue weighted by Crippen LogP contribution is -1.94. The van der Waals surface area contributed by atoms with Gasteiger partial charge in [0, 0.05) is 5.02 Å². The van der Waals surface area contributed by atoms with Gasteiger partial charge in [0.2, 0.25) is 0 Å². The molecule has 0 N–H and O–H groups in total. The zero-order chi connectivity index (χ0) is 8.43. The third kappa shape index (κ3) is 2.13. The SMILES string of the molecule is O=C(F)c1cc(Cl)cc(Cl)n1. The van der Waals surface area contributed by atoms with E-state index in [9.17, 15) is 9.18 Å². The summed E-state index contributed by atoms with van der Waals surface area (Å²) in [6.45, 7) is 0. The Balaban J connectivity index is 3.19. The summed E-state index contributed by atoms with van der Waals surface area (Å²) >= 11 is 10.8. The molecule has 11 heavy (non-hydrogen) atoms. The minimum absolute atomic E-state index is 0.00139. The van der Waals surface area contributed by atoms with Gasteiger partial charge in [-0.15, -0.1) is 0 Å². The van der Waals surface area contributed by atoms with Crippen molar-refractivity contribution in [3.8, 4) is 0 Å². The standard InChI is InChI=1S/C6H2Cl2FNO/c7-3-1-4(6(9)11)10-5(8)2-3/h1-2H. The van der Waals surface area contributed by atoms with E-state index in [2.05, 4.69) is 4.98 Å². The Bertz CT molecular complexity index is 282. The number of hydrogen-bond donors (Lipinski definition) is 0. The number of hydrogen-bond acceptors (Lipinski definition) is 2. The molecule has 0 aliphatic rings. The maximum atomic E-state index is 12.0. The molecule has 0 fully saturated rings. The van der Waals surface area contributed by atoms with Crippen LogP contribution < -0.4 is 0 Å². The maximum Gasteiger partial charge on any atom is 0.350 e. The second kappa shape index (κ2) is 3.15. The summed E-state index contributed by atoms with van der Waals surface area (Å²) in [5.41, 5.74) is -0.373. The van der Waals surface area contributed by atoms with Gasteiger partial charge >= 0.3 is 6.04 Å². The van der Waals surface area contributed by atoms with Crippen molar-refractivity contribution in [2.24, 2.45) is 0 Å². The molecule has 0 aliphatic carbocycles. The van der Waals surface area contributed by atoms with E-state index < -0.39 is 6.04 Å². The van der Waals surface area contributed by atoms with E-state index in [0.717, 1.165) is 6.07 Å². The first-order valence-corrected chi connectivity index (χ1v) is 3.38. The number of nitrogens with zero attached hydrogens (tertiary/aromatic N) is 1. The molecule has 0 radical (unpaired) electrons. The van der Waals surface area contributed by atoms with Crippen LogP contribution in [-0.2, 0) is 0 Å². The quantitative estimate of drug-likeness (QED) is 0.507. The average molecular weight is 194 g/mol. The molecule has 1 heterocycles. The molecule has 58 valence electrons. The molecule has 5 heteroatoms. The van der Waals surface area contributed by atoms with Gasteiger partial charge in [-0.25, -0.2) is 4.98 Å². The summed E-state index contributed by atoms with van der Waals surface area (Å²) in [5, 5.41) is 0.185. The highest BCUT2D eigenvalue weighted by atomic mass is 35.5. The number of carbonyl (C=O) groups excluding carboxylic acids is 1. The van der Waals surface area contributed by atoms with Crippen molar-refractivity contribution in [3.05, 3.63) is 28.0 Å². The van der Waals surface area contributed by atoms with Crippen molar-refractivity contribution in [1.29, 1.82) is 0 Å². The number of pyridine rings is 1. The molecule has 1 aromatic rings. The molecular weight excluding hydrogens is 192 g/mol. The molecule has 0 amide bonds. The first-order valence-electron chi connectivity index (χ1n) is 2.62. The first kappa shape index (κ1) is 8.43. The van der Waals surface area contributed by atoms with E-state index in [-0.39, 0.29) is 15.9 Å². The zero-order valence-electron chi connectivity index (χ0n) is 5.14. The predicted octanol–water partition coefficient (Wildman–Crippen LogP) is 2.50. The van der Waals surface area contributed by atoms with Gasteiger partial charge in [-0.1, -0.05) is 23.2 Å². The Kier molecular flexibility index (Phi) is 2.42. The van der Waals surface area contributed by atoms with Gasteiger partial charge in [-0.2, -0.15) is 4.39 Å². The topological polar surface area (TPSA) is 30.0 Å². The van der Waals surface area contributed by atoms with Crippen molar-refractivity contribution < 1.29 is 9.18 Å². The zero-order valence-corrected chi connectivity index (χ0v) is 6.66. The highest BCUT2D eigenvalue weighted by molar-refractivity contribution is 6.34. The van der Waals surface area contributed by atoms with Crippen molar-refractivity contribution in [3.63, 3.8) is 0 Å². The largest absolute Gasteiger partial charge is 0.350 e. The van der Waals surface area contributed by atoms with Gasteiger partial charge in [0.25, 0.3) is 0 Å². The highest BCUT2D eigenvalue weighted by Gasteiger charge is 2.07. The van der Waals surface area contributed by atoms with Crippen molar-refractivity contribution in [2.45, 2.75) is 0 Å². The Morgan fingerprint density at radius 2 is 2.09 bits per heavy atom. The van der Waals surface area contributed by atoms with Crippen LogP contribution in [0.2, 0.25) is 10.2 Å². The van der Waals surface area contributed by atoms with Gasteiger partial charge in [0.05, 0.1) is 0 Å². The van der Waals surface area contributed by atoms with Crippen LogP contribution in [0.3, 0.4) is 0 Å². The number of aromatic nitrogens is 1. The average Bonchev–Trinajstić information content (AvgIpc) is 1.85. The van der Waals surface area contributed by atoms with E-state index in [1.54, 1.807) is 0 Å². The summed E-state index contributed by atoms with van der Waals surface area (Å²) in [4.78, 5) is 13.5. The molecule has 1 rings (SSSR count). The lowest BCUT2D eigenvalue weighted by atomic mass is 10.4. The fraction of sp³-hybridized carbons (Fsp3) is 0. The number of rotatable bonds is 1. The summed E-state index contributed by atoms with van der Waals surface area (Å²) in [5.74, 6) is 0. The van der Waals surface area contributed by atoms with Crippen molar-refractivity contribution in [1.82, 2.24) is 4.98 Å². The van der Waals surface area contributed by atoms with E-state index >= 15 is 0 Å². The van der Waals surface area contributed by atoms with Crippen LogP contribution in [0.4, 0.5) is 4.39 Å². The first-order chi connectivity index (χ1) is 5.09. The summed E-state index contributed by atoms with van der Waals surface area (Å²) < 4.78 is 12.0. The van der Waals surface area contributed by atoms with E-state index in [4.69, 9.17) is 23.2 Å². The van der Waals surface area contributed by atoms with Crippen LogP contribution in [-0.4, -0.2) is 11.0 Å². The van der Waals surface area contributed by atoms with Gasteiger partial charge < -0.3 is 0 Å². The third-order valence-corrected chi connectivity index (χ3v) is 1.37. The summed E-state index contributed by atoms with van der Waals surface area (Å²) in [7, 11) is 0. The van der Waals surface area contributed by atoms with Crippen LogP contribution in [0.15, 0.2) is 12.1 Å². The second-order valence-corrected chi connectivity index (χ2v) is 2.59. The number of halogens is 3. The molecule has 0 atom stereocenters. The number of carbonyl (C=O) groups is 1. The lowest BCUT2D eigenvalue weighted by molar-refractivity contribution is 0.0830. The van der Waals surface area contributed by atoms with Crippen LogP contribution in [0.5, 0.6) is 0 Å². The van der Waals surface area contributed by atoms with Crippen molar-refractivity contribution in [2.75, 3.05) is 0 Å². The monoisotopic (exact) mass is 193 g/mol. The van der Waals surface area contributed by atoms with Crippen molar-refractivity contribution >= 4 is 29.2 Å².